The molecule has 1 saturated carbocycles. The van der Waals surface area contributed by atoms with Crippen LogP contribution in [-0.4, -0.2) is 0 Å². The molecule has 1 aromatic heterocycles. The largest absolute Gasteiger partial charge is 0.455 e. The monoisotopic (exact) mass is 490 g/mol. The van der Waals surface area contributed by atoms with E-state index in [9.17, 15) is 0 Å². The fraction of sp³-hybridized carbons (Fsp3) is 0.457. The minimum atomic E-state index is 0.184. The molecule has 0 N–H and O–H groups in total. The number of aryl methyl sites for hydroxylation is 3. The Hall–Kier alpha value is -2.87. The Labute approximate surface area is 221 Å². The van der Waals surface area contributed by atoms with Crippen LogP contribution in [0, 0.1) is 13.8 Å². The molecular weight excluding hydrogens is 450 g/mol. The quantitative estimate of drug-likeness (QED) is 0.213. The molecule has 2 aliphatic carbocycles. The van der Waals surface area contributed by atoms with Gasteiger partial charge in [0, 0.05) is 11.6 Å². The summed E-state index contributed by atoms with van der Waals surface area (Å²) >= 11 is 0. The van der Waals surface area contributed by atoms with E-state index in [0.29, 0.717) is 5.92 Å². The minimum Gasteiger partial charge on any atom is -0.455 e. The lowest BCUT2D eigenvalue weighted by molar-refractivity contribution is -0.659. The van der Waals surface area contributed by atoms with Crippen molar-refractivity contribution in [3.63, 3.8) is 0 Å². The van der Waals surface area contributed by atoms with Crippen molar-refractivity contribution >= 4 is 21.5 Å². The van der Waals surface area contributed by atoms with Crippen LogP contribution in [0.2, 0.25) is 0 Å². The summed E-state index contributed by atoms with van der Waals surface area (Å²) in [4.78, 5) is 0. The third-order valence-electron chi connectivity index (χ3n) is 10.00. The molecule has 1 aliphatic heterocycles. The molecule has 2 heteroatoms. The zero-order valence-electron chi connectivity index (χ0n) is 23.6. The number of hydrogen-bond donors (Lipinski definition) is 0. The van der Waals surface area contributed by atoms with Crippen LogP contribution in [0.3, 0.4) is 0 Å². The van der Waals surface area contributed by atoms with Gasteiger partial charge >= 0.3 is 0 Å². The van der Waals surface area contributed by atoms with Gasteiger partial charge in [0.05, 0.1) is 10.9 Å². The molecule has 0 atom stereocenters. The Morgan fingerprint density at radius 3 is 2.16 bits per heavy atom. The Bertz CT molecular complexity index is 1630. The molecule has 3 aromatic carbocycles. The highest BCUT2D eigenvalue weighted by Gasteiger charge is 2.43. The van der Waals surface area contributed by atoms with Crippen LogP contribution in [0.15, 0.2) is 36.5 Å². The van der Waals surface area contributed by atoms with Gasteiger partial charge in [-0.1, -0.05) is 59.1 Å². The standard InChI is InChI=1S/C35H40NO/c1-20-25-17-27-28(35(5,6)19-34(27,3)4)18-26(25)21(2)33-30(20)32-31-23(13-14-36(32)7)15-24(16-29(31)37-33)22-11-9-8-10-12-22/h13-18,22H,8-12,19H2,1-7H3/q+1. The fourth-order valence-corrected chi connectivity index (χ4v) is 8.31. The number of hydrogen-bond acceptors (Lipinski definition) is 1. The molecular formula is C35H40NO+. The number of benzene rings is 3. The van der Waals surface area contributed by atoms with Crippen molar-refractivity contribution in [2.45, 2.75) is 96.8 Å². The Morgan fingerprint density at radius 1 is 0.838 bits per heavy atom. The summed E-state index contributed by atoms with van der Waals surface area (Å²) in [5.41, 5.74) is 10.0. The normalized spacial score (nSPS) is 19.6. The summed E-state index contributed by atoms with van der Waals surface area (Å²) in [7, 11) is 2.19. The van der Waals surface area contributed by atoms with Crippen LogP contribution in [0.1, 0.15) is 100.0 Å². The van der Waals surface area contributed by atoms with Gasteiger partial charge in [-0.2, -0.15) is 0 Å². The second-order valence-corrected chi connectivity index (χ2v) is 13.5. The molecule has 0 bridgehead atoms. The highest BCUT2D eigenvalue weighted by Crippen LogP contribution is 2.55. The summed E-state index contributed by atoms with van der Waals surface area (Å²) in [6.07, 6.45) is 10.1. The number of aromatic nitrogens is 1. The summed E-state index contributed by atoms with van der Waals surface area (Å²) in [5, 5.41) is 5.30. The van der Waals surface area contributed by atoms with Crippen molar-refractivity contribution in [2.24, 2.45) is 7.05 Å². The maximum absolute atomic E-state index is 6.95. The molecule has 7 rings (SSSR count). The number of pyridine rings is 1. The summed E-state index contributed by atoms with van der Waals surface area (Å²) in [6, 6.07) is 12.1. The van der Waals surface area contributed by atoms with Gasteiger partial charge in [0.25, 0.3) is 0 Å². The highest BCUT2D eigenvalue weighted by molar-refractivity contribution is 6.07. The van der Waals surface area contributed by atoms with Crippen LogP contribution < -0.4 is 9.30 Å². The first-order valence-electron chi connectivity index (χ1n) is 14.3. The molecule has 0 amide bonds. The number of fused-ring (bicyclic) bond motifs is 4. The molecule has 190 valence electrons. The molecule has 3 aliphatic rings. The lowest BCUT2D eigenvalue weighted by Gasteiger charge is -2.27. The molecule has 2 heterocycles. The van der Waals surface area contributed by atoms with Crippen molar-refractivity contribution in [3.8, 4) is 22.8 Å². The Morgan fingerprint density at radius 2 is 1.49 bits per heavy atom. The average Bonchev–Trinajstić information content (AvgIpc) is 3.06. The van der Waals surface area contributed by atoms with Crippen LogP contribution in [-0.2, 0) is 17.9 Å². The number of rotatable bonds is 1. The average molecular weight is 491 g/mol. The molecule has 0 saturated heterocycles. The van der Waals surface area contributed by atoms with Crippen molar-refractivity contribution in [1.82, 2.24) is 0 Å². The van der Waals surface area contributed by atoms with E-state index in [1.54, 1.807) is 0 Å². The molecule has 37 heavy (non-hydrogen) atoms. The van der Waals surface area contributed by atoms with Crippen LogP contribution >= 0.6 is 0 Å². The third kappa shape index (κ3) is 3.20. The second-order valence-electron chi connectivity index (χ2n) is 13.5. The van der Waals surface area contributed by atoms with E-state index >= 15 is 0 Å². The molecule has 0 radical (unpaired) electrons. The van der Waals surface area contributed by atoms with Gasteiger partial charge in [-0.3, -0.25) is 0 Å². The van der Waals surface area contributed by atoms with Crippen LogP contribution in [0.25, 0.3) is 32.8 Å². The zero-order valence-corrected chi connectivity index (χ0v) is 23.6. The second kappa shape index (κ2) is 7.59. The fourth-order valence-electron chi connectivity index (χ4n) is 8.31. The van der Waals surface area contributed by atoms with E-state index in [1.165, 1.54) is 99.1 Å². The van der Waals surface area contributed by atoms with E-state index in [1.807, 2.05) is 0 Å². The maximum Gasteiger partial charge on any atom is 0.228 e. The molecule has 0 unspecified atom stereocenters. The predicted molar refractivity (Wildman–Crippen MR) is 154 cm³/mol. The maximum atomic E-state index is 6.95. The van der Waals surface area contributed by atoms with Gasteiger partial charge in [-0.25, -0.2) is 4.57 Å². The zero-order chi connectivity index (χ0) is 25.9. The van der Waals surface area contributed by atoms with Gasteiger partial charge in [0.2, 0.25) is 5.69 Å². The molecule has 2 nitrogen and oxygen atoms in total. The van der Waals surface area contributed by atoms with Gasteiger partial charge in [0.15, 0.2) is 6.20 Å². The van der Waals surface area contributed by atoms with E-state index in [2.05, 4.69) is 89.7 Å². The topological polar surface area (TPSA) is 13.1 Å². The van der Waals surface area contributed by atoms with Gasteiger partial charge in [-0.05, 0) is 100 Å². The summed E-state index contributed by atoms with van der Waals surface area (Å²) < 4.78 is 9.27. The van der Waals surface area contributed by atoms with Crippen molar-refractivity contribution < 1.29 is 9.30 Å². The SMILES string of the molecule is Cc1c2c(c(C)c3cc4c(cc13)C(C)(C)CC4(C)C)-c1c3c(cc(C4CCCCC4)cc3cc[n+]1C)O2. The highest BCUT2D eigenvalue weighted by atomic mass is 16.5. The Kier molecular flexibility index (Phi) is 4.77. The first-order chi connectivity index (χ1) is 17.6. The summed E-state index contributed by atoms with van der Waals surface area (Å²) in [5.74, 6) is 2.75. The van der Waals surface area contributed by atoms with Gasteiger partial charge in [-0.15, -0.1) is 0 Å². The molecule has 1 fully saturated rings. The van der Waals surface area contributed by atoms with Crippen LogP contribution in [0.4, 0.5) is 0 Å². The summed E-state index contributed by atoms with van der Waals surface area (Å²) in [6.45, 7) is 14.2. The number of nitrogens with zero attached hydrogens (tertiary/aromatic N) is 1. The Balaban J connectivity index is 1.53. The number of ether oxygens (including phenoxy) is 1. The lowest BCUT2D eigenvalue weighted by Crippen LogP contribution is -2.32. The van der Waals surface area contributed by atoms with E-state index in [4.69, 9.17) is 4.74 Å². The predicted octanol–water partition coefficient (Wildman–Crippen LogP) is 9.21. The van der Waals surface area contributed by atoms with E-state index in [-0.39, 0.29) is 10.8 Å². The first kappa shape index (κ1) is 23.3. The van der Waals surface area contributed by atoms with E-state index in [0.717, 1.165) is 11.5 Å². The van der Waals surface area contributed by atoms with Crippen molar-refractivity contribution in [1.29, 1.82) is 0 Å². The minimum absolute atomic E-state index is 0.184. The smallest absolute Gasteiger partial charge is 0.228 e. The van der Waals surface area contributed by atoms with Gasteiger partial charge in [0.1, 0.15) is 18.5 Å². The van der Waals surface area contributed by atoms with Gasteiger partial charge < -0.3 is 4.74 Å². The lowest BCUT2D eigenvalue weighted by atomic mass is 9.81. The molecule has 4 aromatic rings. The van der Waals surface area contributed by atoms with Crippen molar-refractivity contribution in [2.75, 3.05) is 0 Å². The van der Waals surface area contributed by atoms with E-state index < -0.39 is 0 Å². The first-order valence-corrected chi connectivity index (χ1v) is 14.3. The molecule has 0 spiro atoms. The van der Waals surface area contributed by atoms with Crippen molar-refractivity contribution in [3.05, 3.63) is 64.3 Å². The third-order valence-corrected chi connectivity index (χ3v) is 10.00. The van der Waals surface area contributed by atoms with Crippen LogP contribution in [0.5, 0.6) is 11.5 Å².